The van der Waals surface area contributed by atoms with Crippen molar-refractivity contribution in [1.82, 2.24) is 5.32 Å². The Kier molecular flexibility index (Phi) is 5.95. The number of likely N-dealkylation sites (N-methyl/N-ethyl adjacent to an activating group) is 1. The standard InChI is InChI=1S/C17H18Cl3N/c1-11-3-4-12(16(19)7-11)8-15(21-2)9-13-5-6-14(18)10-17(13)20/h3-7,10,15,21H,8-9H2,1-2H3. The van der Waals surface area contributed by atoms with Crippen LogP contribution in [-0.2, 0) is 12.8 Å². The van der Waals surface area contributed by atoms with Gasteiger partial charge in [-0.15, -0.1) is 0 Å². The first-order chi connectivity index (χ1) is 9.99. The van der Waals surface area contributed by atoms with Gasteiger partial charge in [0, 0.05) is 21.1 Å². The van der Waals surface area contributed by atoms with Gasteiger partial charge in [-0.25, -0.2) is 0 Å². The molecule has 1 atom stereocenters. The highest BCUT2D eigenvalue weighted by Gasteiger charge is 2.13. The molecule has 4 heteroatoms. The zero-order valence-corrected chi connectivity index (χ0v) is 14.4. The lowest BCUT2D eigenvalue weighted by atomic mass is 9.98. The molecule has 2 rings (SSSR count). The van der Waals surface area contributed by atoms with Crippen LogP contribution in [0.5, 0.6) is 0 Å². The smallest absolute Gasteiger partial charge is 0.0453 e. The minimum Gasteiger partial charge on any atom is -0.316 e. The van der Waals surface area contributed by atoms with E-state index in [1.807, 2.05) is 32.2 Å². The zero-order chi connectivity index (χ0) is 15.4. The Labute approximate surface area is 141 Å². The molecular weight excluding hydrogens is 325 g/mol. The van der Waals surface area contributed by atoms with E-state index in [0.717, 1.165) is 29.0 Å². The SMILES string of the molecule is CNC(Cc1ccc(C)cc1Cl)Cc1ccc(Cl)cc1Cl. The van der Waals surface area contributed by atoms with Gasteiger partial charge in [-0.2, -0.15) is 0 Å². The molecule has 0 spiro atoms. The summed E-state index contributed by atoms with van der Waals surface area (Å²) in [6.07, 6.45) is 1.69. The molecule has 0 amide bonds. The summed E-state index contributed by atoms with van der Waals surface area (Å²) in [5.74, 6) is 0. The van der Waals surface area contributed by atoms with E-state index in [9.17, 15) is 0 Å². The summed E-state index contributed by atoms with van der Waals surface area (Å²) in [6, 6.07) is 12.1. The second-order valence-electron chi connectivity index (χ2n) is 5.22. The zero-order valence-electron chi connectivity index (χ0n) is 12.1. The Morgan fingerprint density at radius 2 is 1.48 bits per heavy atom. The van der Waals surface area contributed by atoms with E-state index < -0.39 is 0 Å². The summed E-state index contributed by atoms with van der Waals surface area (Å²) >= 11 is 18.5. The summed E-state index contributed by atoms with van der Waals surface area (Å²) in [7, 11) is 1.95. The van der Waals surface area contributed by atoms with Crippen LogP contribution >= 0.6 is 34.8 Å². The number of nitrogens with one attached hydrogen (secondary N) is 1. The molecule has 0 aliphatic carbocycles. The molecule has 112 valence electrons. The Balaban J connectivity index is 2.13. The number of hydrogen-bond donors (Lipinski definition) is 1. The van der Waals surface area contributed by atoms with Crippen molar-refractivity contribution in [2.75, 3.05) is 7.05 Å². The first-order valence-electron chi connectivity index (χ1n) is 6.86. The van der Waals surface area contributed by atoms with Crippen LogP contribution in [0.25, 0.3) is 0 Å². The number of halogens is 3. The van der Waals surface area contributed by atoms with E-state index in [1.165, 1.54) is 5.56 Å². The van der Waals surface area contributed by atoms with Gasteiger partial charge in [0.25, 0.3) is 0 Å². The normalized spacial score (nSPS) is 12.4. The molecule has 1 N–H and O–H groups in total. The van der Waals surface area contributed by atoms with Crippen LogP contribution in [0.2, 0.25) is 15.1 Å². The van der Waals surface area contributed by atoms with E-state index >= 15 is 0 Å². The van der Waals surface area contributed by atoms with Gasteiger partial charge in [0.05, 0.1) is 0 Å². The van der Waals surface area contributed by atoms with Gasteiger partial charge in [-0.1, -0.05) is 53.0 Å². The minimum absolute atomic E-state index is 0.267. The van der Waals surface area contributed by atoms with Crippen LogP contribution in [0.4, 0.5) is 0 Å². The highest BCUT2D eigenvalue weighted by atomic mass is 35.5. The van der Waals surface area contributed by atoms with Gasteiger partial charge in [-0.3, -0.25) is 0 Å². The molecule has 1 nitrogen and oxygen atoms in total. The molecule has 0 radical (unpaired) electrons. The van der Waals surface area contributed by atoms with Crippen molar-refractivity contribution in [2.24, 2.45) is 0 Å². The van der Waals surface area contributed by atoms with Crippen molar-refractivity contribution in [3.8, 4) is 0 Å². The Morgan fingerprint density at radius 1 is 0.905 bits per heavy atom. The van der Waals surface area contributed by atoms with E-state index in [0.29, 0.717) is 10.0 Å². The van der Waals surface area contributed by atoms with Crippen molar-refractivity contribution in [1.29, 1.82) is 0 Å². The summed E-state index contributed by atoms with van der Waals surface area (Å²) in [5, 5.41) is 5.51. The maximum atomic E-state index is 6.31. The molecule has 0 saturated heterocycles. The molecule has 21 heavy (non-hydrogen) atoms. The molecule has 0 saturated carbocycles. The third-order valence-electron chi connectivity index (χ3n) is 3.56. The van der Waals surface area contributed by atoms with Gasteiger partial charge in [0.2, 0.25) is 0 Å². The molecule has 0 aromatic heterocycles. The molecule has 0 aliphatic heterocycles. The molecule has 2 aromatic rings. The van der Waals surface area contributed by atoms with E-state index in [4.69, 9.17) is 34.8 Å². The van der Waals surface area contributed by atoms with Crippen LogP contribution in [-0.4, -0.2) is 13.1 Å². The second-order valence-corrected chi connectivity index (χ2v) is 6.48. The van der Waals surface area contributed by atoms with E-state index in [2.05, 4.69) is 17.4 Å². The van der Waals surface area contributed by atoms with Crippen molar-refractivity contribution < 1.29 is 0 Å². The fraction of sp³-hybridized carbons (Fsp3) is 0.294. The van der Waals surface area contributed by atoms with Crippen LogP contribution in [0.15, 0.2) is 36.4 Å². The fourth-order valence-corrected chi connectivity index (χ4v) is 3.11. The molecule has 0 heterocycles. The van der Waals surface area contributed by atoms with E-state index in [1.54, 1.807) is 6.07 Å². The number of aryl methyl sites for hydroxylation is 1. The van der Waals surface area contributed by atoms with Crippen LogP contribution in [0.1, 0.15) is 16.7 Å². The lowest BCUT2D eigenvalue weighted by Crippen LogP contribution is -2.30. The predicted octanol–water partition coefficient (Wildman–Crippen LogP) is 5.33. The molecule has 0 fully saturated rings. The highest BCUT2D eigenvalue weighted by Crippen LogP contribution is 2.24. The van der Waals surface area contributed by atoms with Gasteiger partial charge in [0.15, 0.2) is 0 Å². The molecular formula is C17H18Cl3N. The first-order valence-corrected chi connectivity index (χ1v) is 7.99. The summed E-state index contributed by atoms with van der Waals surface area (Å²) in [6.45, 7) is 2.04. The van der Waals surface area contributed by atoms with Crippen molar-refractivity contribution >= 4 is 34.8 Å². The van der Waals surface area contributed by atoms with Crippen molar-refractivity contribution in [2.45, 2.75) is 25.8 Å². The molecule has 0 aliphatic rings. The molecule has 0 bridgehead atoms. The summed E-state index contributed by atoms with van der Waals surface area (Å²) < 4.78 is 0. The van der Waals surface area contributed by atoms with Gasteiger partial charge in [0.1, 0.15) is 0 Å². The minimum atomic E-state index is 0.267. The third-order valence-corrected chi connectivity index (χ3v) is 4.50. The Morgan fingerprint density at radius 3 is 2.00 bits per heavy atom. The fourth-order valence-electron chi connectivity index (χ4n) is 2.31. The van der Waals surface area contributed by atoms with Gasteiger partial charge >= 0.3 is 0 Å². The van der Waals surface area contributed by atoms with Gasteiger partial charge < -0.3 is 5.32 Å². The molecule has 2 aromatic carbocycles. The highest BCUT2D eigenvalue weighted by molar-refractivity contribution is 6.35. The lowest BCUT2D eigenvalue weighted by molar-refractivity contribution is 0.556. The second kappa shape index (κ2) is 7.51. The quantitative estimate of drug-likeness (QED) is 0.774. The monoisotopic (exact) mass is 341 g/mol. The number of rotatable bonds is 5. The van der Waals surface area contributed by atoms with E-state index in [-0.39, 0.29) is 6.04 Å². The Hall–Kier alpha value is -0.730. The third kappa shape index (κ3) is 4.62. The van der Waals surface area contributed by atoms with Crippen LogP contribution in [0, 0.1) is 6.92 Å². The van der Waals surface area contributed by atoms with Crippen LogP contribution < -0.4 is 5.32 Å². The van der Waals surface area contributed by atoms with Crippen LogP contribution in [0.3, 0.4) is 0 Å². The summed E-state index contributed by atoms with van der Waals surface area (Å²) in [5.41, 5.74) is 3.40. The summed E-state index contributed by atoms with van der Waals surface area (Å²) in [4.78, 5) is 0. The predicted molar refractivity (Wildman–Crippen MR) is 92.9 cm³/mol. The average molecular weight is 343 g/mol. The average Bonchev–Trinajstić information content (AvgIpc) is 2.43. The first kappa shape index (κ1) is 16.6. The number of hydrogen-bond acceptors (Lipinski definition) is 1. The maximum absolute atomic E-state index is 6.31. The topological polar surface area (TPSA) is 12.0 Å². The number of benzene rings is 2. The Bertz CT molecular complexity index is 572. The largest absolute Gasteiger partial charge is 0.316 e. The molecule has 1 unspecified atom stereocenters. The van der Waals surface area contributed by atoms with Gasteiger partial charge in [-0.05, 0) is 61.7 Å². The van der Waals surface area contributed by atoms with Crippen molar-refractivity contribution in [3.05, 3.63) is 68.2 Å². The van der Waals surface area contributed by atoms with Crippen molar-refractivity contribution in [3.63, 3.8) is 0 Å². The maximum Gasteiger partial charge on any atom is 0.0453 e. The lowest BCUT2D eigenvalue weighted by Gasteiger charge is -2.18.